The molecular formula is C15H12S. The fraction of sp³-hybridized carbons (Fsp3) is 0.0667. The minimum atomic E-state index is 1.01. The lowest BCUT2D eigenvalue weighted by atomic mass is 10.0. The minimum absolute atomic E-state index is 1.01. The lowest BCUT2D eigenvalue weighted by molar-refractivity contribution is 1.50. The Kier molecular flexibility index (Phi) is 2.15. The average Bonchev–Trinajstić information content (AvgIpc) is 2.28. The van der Waals surface area contributed by atoms with Crippen LogP contribution in [0.5, 0.6) is 0 Å². The third-order valence-corrected chi connectivity index (χ3v) is 3.25. The SMILES string of the molecule is Cc1ccc2c(ccc3cc(S)ccc32)c1. The molecule has 0 nitrogen and oxygen atoms in total. The van der Waals surface area contributed by atoms with Crippen LogP contribution in [0, 0.1) is 6.92 Å². The summed E-state index contributed by atoms with van der Waals surface area (Å²) in [5.74, 6) is 0. The molecule has 0 N–H and O–H groups in total. The molecule has 0 amide bonds. The highest BCUT2D eigenvalue weighted by molar-refractivity contribution is 7.80. The Morgan fingerprint density at radius 2 is 1.38 bits per heavy atom. The Morgan fingerprint density at radius 3 is 2.12 bits per heavy atom. The van der Waals surface area contributed by atoms with Gasteiger partial charge in [-0.05, 0) is 40.6 Å². The van der Waals surface area contributed by atoms with Gasteiger partial charge in [-0.1, -0.05) is 42.0 Å². The number of aryl methyl sites for hydroxylation is 1. The molecule has 0 saturated heterocycles. The number of benzene rings is 3. The van der Waals surface area contributed by atoms with Gasteiger partial charge in [-0.2, -0.15) is 0 Å². The number of thiol groups is 1. The van der Waals surface area contributed by atoms with Gasteiger partial charge in [-0.3, -0.25) is 0 Å². The van der Waals surface area contributed by atoms with Crippen LogP contribution < -0.4 is 0 Å². The fourth-order valence-corrected chi connectivity index (χ4v) is 2.39. The van der Waals surface area contributed by atoms with Gasteiger partial charge in [0.1, 0.15) is 0 Å². The molecule has 0 radical (unpaired) electrons. The summed E-state index contributed by atoms with van der Waals surface area (Å²) in [4.78, 5) is 1.01. The largest absolute Gasteiger partial charge is 0.143 e. The summed E-state index contributed by atoms with van der Waals surface area (Å²) < 4.78 is 0. The van der Waals surface area contributed by atoms with E-state index in [0.29, 0.717) is 0 Å². The molecule has 16 heavy (non-hydrogen) atoms. The second-order valence-corrected chi connectivity index (χ2v) is 4.71. The highest BCUT2D eigenvalue weighted by atomic mass is 32.1. The van der Waals surface area contributed by atoms with Crippen LogP contribution in [0.1, 0.15) is 5.56 Å². The van der Waals surface area contributed by atoms with Crippen molar-refractivity contribution in [2.24, 2.45) is 0 Å². The van der Waals surface area contributed by atoms with Crippen LogP contribution in [-0.2, 0) is 0 Å². The second-order valence-electron chi connectivity index (χ2n) is 4.20. The first kappa shape index (κ1) is 9.73. The van der Waals surface area contributed by atoms with Crippen molar-refractivity contribution in [1.82, 2.24) is 0 Å². The van der Waals surface area contributed by atoms with E-state index in [-0.39, 0.29) is 0 Å². The minimum Gasteiger partial charge on any atom is -0.143 e. The van der Waals surface area contributed by atoms with Gasteiger partial charge in [-0.25, -0.2) is 0 Å². The Balaban J connectivity index is 2.50. The molecule has 78 valence electrons. The van der Waals surface area contributed by atoms with Crippen molar-refractivity contribution in [1.29, 1.82) is 0 Å². The quantitative estimate of drug-likeness (QED) is 0.419. The van der Waals surface area contributed by atoms with Crippen molar-refractivity contribution < 1.29 is 0 Å². The van der Waals surface area contributed by atoms with Gasteiger partial charge in [0, 0.05) is 4.90 Å². The molecule has 0 aliphatic heterocycles. The van der Waals surface area contributed by atoms with Crippen LogP contribution in [-0.4, -0.2) is 0 Å². The number of hydrogen-bond donors (Lipinski definition) is 1. The third-order valence-electron chi connectivity index (χ3n) is 2.97. The summed E-state index contributed by atoms with van der Waals surface area (Å²) in [5, 5.41) is 5.18. The first-order valence-corrected chi connectivity index (χ1v) is 5.81. The third kappa shape index (κ3) is 1.48. The summed E-state index contributed by atoms with van der Waals surface area (Å²) >= 11 is 4.37. The predicted molar refractivity (Wildman–Crippen MR) is 73.4 cm³/mol. The van der Waals surface area contributed by atoms with E-state index in [2.05, 4.69) is 62.0 Å². The Bertz CT molecular complexity index is 623. The fourth-order valence-electron chi connectivity index (χ4n) is 2.18. The molecule has 0 fully saturated rings. The van der Waals surface area contributed by atoms with Gasteiger partial charge >= 0.3 is 0 Å². The Labute approximate surface area is 100 Å². The maximum absolute atomic E-state index is 4.37. The van der Waals surface area contributed by atoms with Gasteiger partial charge in [0.25, 0.3) is 0 Å². The van der Waals surface area contributed by atoms with E-state index in [0.717, 1.165) is 4.90 Å². The molecule has 3 aromatic rings. The first-order chi connectivity index (χ1) is 7.74. The zero-order chi connectivity index (χ0) is 11.1. The van der Waals surface area contributed by atoms with Gasteiger partial charge in [-0.15, -0.1) is 12.6 Å². The van der Waals surface area contributed by atoms with Gasteiger partial charge in [0.15, 0.2) is 0 Å². The van der Waals surface area contributed by atoms with Crippen molar-refractivity contribution in [3.05, 3.63) is 54.1 Å². The highest BCUT2D eigenvalue weighted by Crippen LogP contribution is 2.27. The lowest BCUT2D eigenvalue weighted by Crippen LogP contribution is -1.79. The molecule has 0 heterocycles. The molecule has 0 unspecified atom stereocenters. The molecule has 0 bridgehead atoms. The Hall–Kier alpha value is -1.47. The topological polar surface area (TPSA) is 0 Å². The van der Waals surface area contributed by atoms with Crippen LogP contribution in [0.3, 0.4) is 0 Å². The molecule has 0 saturated carbocycles. The molecule has 3 aromatic carbocycles. The number of rotatable bonds is 0. The number of hydrogen-bond acceptors (Lipinski definition) is 1. The van der Waals surface area contributed by atoms with Crippen LogP contribution >= 0.6 is 12.6 Å². The van der Waals surface area contributed by atoms with E-state index in [4.69, 9.17) is 0 Å². The maximum atomic E-state index is 4.37. The zero-order valence-corrected chi connectivity index (χ0v) is 9.96. The molecule has 1 heteroatoms. The molecular weight excluding hydrogens is 212 g/mol. The van der Waals surface area contributed by atoms with Crippen LogP contribution in [0.25, 0.3) is 21.5 Å². The number of fused-ring (bicyclic) bond motifs is 3. The monoisotopic (exact) mass is 224 g/mol. The van der Waals surface area contributed by atoms with E-state index in [1.807, 2.05) is 6.07 Å². The van der Waals surface area contributed by atoms with Crippen molar-refractivity contribution in [2.45, 2.75) is 11.8 Å². The summed E-state index contributed by atoms with van der Waals surface area (Å²) in [6.45, 7) is 2.13. The summed E-state index contributed by atoms with van der Waals surface area (Å²) in [7, 11) is 0. The zero-order valence-electron chi connectivity index (χ0n) is 9.07. The Morgan fingerprint density at radius 1 is 0.750 bits per heavy atom. The van der Waals surface area contributed by atoms with Crippen molar-refractivity contribution >= 4 is 34.2 Å². The van der Waals surface area contributed by atoms with Crippen LogP contribution in [0.15, 0.2) is 53.4 Å². The van der Waals surface area contributed by atoms with Gasteiger partial charge in [0.2, 0.25) is 0 Å². The molecule has 0 spiro atoms. The predicted octanol–water partition coefficient (Wildman–Crippen LogP) is 4.59. The van der Waals surface area contributed by atoms with Gasteiger partial charge in [0.05, 0.1) is 0 Å². The standard InChI is InChI=1S/C15H12S/c1-10-2-6-14-11(8-10)3-4-12-9-13(16)5-7-15(12)14/h2-9,16H,1H3. The second kappa shape index (κ2) is 3.53. The highest BCUT2D eigenvalue weighted by Gasteiger charge is 2.00. The summed E-state index contributed by atoms with van der Waals surface area (Å²) in [5.41, 5.74) is 1.30. The van der Waals surface area contributed by atoms with E-state index in [9.17, 15) is 0 Å². The smallest absolute Gasteiger partial charge is 0.00463 e. The van der Waals surface area contributed by atoms with E-state index in [1.165, 1.54) is 27.1 Å². The summed E-state index contributed by atoms with van der Waals surface area (Å²) in [6, 6.07) is 17.2. The van der Waals surface area contributed by atoms with Gasteiger partial charge < -0.3 is 0 Å². The average molecular weight is 224 g/mol. The molecule has 0 aliphatic carbocycles. The maximum Gasteiger partial charge on any atom is 0.00463 e. The van der Waals surface area contributed by atoms with Crippen molar-refractivity contribution in [3.63, 3.8) is 0 Å². The summed E-state index contributed by atoms with van der Waals surface area (Å²) in [6.07, 6.45) is 0. The molecule has 0 aliphatic rings. The first-order valence-electron chi connectivity index (χ1n) is 5.36. The van der Waals surface area contributed by atoms with E-state index < -0.39 is 0 Å². The van der Waals surface area contributed by atoms with E-state index in [1.54, 1.807) is 0 Å². The van der Waals surface area contributed by atoms with Crippen molar-refractivity contribution in [3.8, 4) is 0 Å². The van der Waals surface area contributed by atoms with Crippen molar-refractivity contribution in [2.75, 3.05) is 0 Å². The van der Waals surface area contributed by atoms with E-state index >= 15 is 0 Å². The molecule has 3 rings (SSSR count). The lowest BCUT2D eigenvalue weighted by Gasteiger charge is -2.05. The molecule has 0 aromatic heterocycles. The molecule has 0 atom stereocenters. The van der Waals surface area contributed by atoms with Crippen LogP contribution in [0.4, 0.5) is 0 Å². The van der Waals surface area contributed by atoms with Crippen LogP contribution in [0.2, 0.25) is 0 Å². The normalized spacial score (nSPS) is 11.1.